The molecule has 2 aliphatic carbocycles. The number of ether oxygens (including phenoxy) is 3. The maximum absolute atomic E-state index is 12.5. The topological polar surface area (TPSA) is 102 Å². The van der Waals surface area contributed by atoms with Gasteiger partial charge in [-0.05, 0) is 139 Å². The van der Waals surface area contributed by atoms with Gasteiger partial charge in [0.15, 0.2) is 0 Å². The second-order valence-corrected chi connectivity index (χ2v) is 17.0. The maximum Gasteiger partial charge on any atom is 0.333 e. The third kappa shape index (κ3) is 13.5. The van der Waals surface area contributed by atoms with Gasteiger partial charge < -0.3 is 24.4 Å². The van der Waals surface area contributed by atoms with Crippen LogP contribution >= 0.6 is 0 Å². The van der Waals surface area contributed by atoms with Gasteiger partial charge in [-0.3, -0.25) is 4.79 Å². The first kappa shape index (κ1) is 43.0. The van der Waals surface area contributed by atoms with E-state index in [0.717, 1.165) is 34.6 Å². The van der Waals surface area contributed by atoms with Crippen LogP contribution in [0.3, 0.4) is 0 Å². The molecule has 0 amide bonds. The Labute approximate surface area is 310 Å². The number of carbonyl (C=O) groups is 2. The fourth-order valence-corrected chi connectivity index (χ4v) is 8.02. The van der Waals surface area contributed by atoms with E-state index in [9.17, 15) is 19.8 Å². The maximum atomic E-state index is 12.5. The van der Waals surface area contributed by atoms with Crippen molar-refractivity contribution in [2.24, 2.45) is 28.6 Å². The number of aryl methyl sites for hydroxylation is 2. The number of unbranched alkanes of at least 4 members (excludes halogenated alkanes) is 2. The first-order valence-corrected chi connectivity index (χ1v) is 20.4. The predicted molar refractivity (Wildman–Crippen MR) is 206 cm³/mol. The highest BCUT2D eigenvalue weighted by molar-refractivity contribution is 5.86. The summed E-state index contributed by atoms with van der Waals surface area (Å²) >= 11 is 0. The van der Waals surface area contributed by atoms with Crippen molar-refractivity contribution in [3.63, 3.8) is 0 Å². The molecule has 0 aromatic heterocycles. The molecule has 0 aliphatic heterocycles. The fraction of sp³-hybridized carbons (Fsp3) is 0.773. The summed E-state index contributed by atoms with van der Waals surface area (Å²) < 4.78 is 17.7. The van der Waals surface area contributed by atoms with Crippen molar-refractivity contribution in [1.82, 2.24) is 0 Å². The summed E-state index contributed by atoms with van der Waals surface area (Å²) in [7, 11) is 0. The minimum atomic E-state index is -0.751. The molecule has 0 bridgehead atoms. The van der Waals surface area contributed by atoms with Crippen molar-refractivity contribution in [1.29, 1.82) is 0 Å². The molecule has 0 heterocycles. The van der Waals surface area contributed by atoms with Gasteiger partial charge in [0.25, 0.3) is 0 Å². The van der Waals surface area contributed by atoms with E-state index in [0.29, 0.717) is 50.2 Å². The lowest BCUT2D eigenvalue weighted by Gasteiger charge is -2.38. The van der Waals surface area contributed by atoms with Crippen molar-refractivity contribution in [2.75, 3.05) is 33.0 Å². The van der Waals surface area contributed by atoms with E-state index in [1.165, 1.54) is 82.6 Å². The summed E-state index contributed by atoms with van der Waals surface area (Å²) in [6.45, 7) is 15.6. The molecular weight excluding hydrogens is 640 g/mol. The van der Waals surface area contributed by atoms with Crippen molar-refractivity contribution in [2.45, 2.75) is 157 Å². The van der Waals surface area contributed by atoms with Crippen LogP contribution in [0.4, 0.5) is 0 Å². The number of aliphatic hydroxyl groups is 2. The summed E-state index contributed by atoms with van der Waals surface area (Å²) in [5, 5.41) is 20.4. The van der Waals surface area contributed by atoms with Gasteiger partial charge in [0.05, 0.1) is 43.9 Å². The smallest absolute Gasteiger partial charge is 0.333 e. The summed E-state index contributed by atoms with van der Waals surface area (Å²) in [6, 6.07) is 4.61. The molecule has 0 atom stereocenters. The van der Waals surface area contributed by atoms with Gasteiger partial charge in [0.1, 0.15) is 5.75 Å². The van der Waals surface area contributed by atoms with Crippen molar-refractivity contribution < 1.29 is 34.0 Å². The average molecular weight is 713 g/mol. The van der Waals surface area contributed by atoms with Crippen LogP contribution in [0.2, 0.25) is 0 Å². The number of benzene rings is 1. The lowest BCUT2D eigenvalue weighted by Crippen LogP contribution is -2.36. The summed E-state index contributed by atoms with van der Waals surface area (Å²) in [6.07, 6.45) is 19.3. The third-order valence-electron chi connectivity index (χ3n) is 11.8. The molecule has 290 valence electrons. The van der Waals surface area contributed by atoms with Crippen LogP contribution in [-0.2, 0) is 31.9 Å². The van der Waals surface area contributed by atoms with E-state index >= 15 is 0 Å². The summed E-state index contributed by atoms with van der Waals surface area (Å²) in [5.74, 6) is 3.31. The Morgan fingerprint density at radius 1 is 0.804 bits per heavy atom. The van der Waals surface area contributed by atoms with Gasteiger partial charge in [0, 0.05) is 5.57 Å². The minimum absolute atomic E-state index is 0.174. The van der Waals surface area contributed by atoms with Gasteiger partial charge in [-0.1, -0.05) is 71.1 Å². The predicted octanol–water partition coefficient (Wildman–Crippen LogP) is 9.68. The molecule has 7 nitrogen and oxygen atoms in total. The first-order chi connectivity index (χ1) is 24.4. The minimum Gasteiger partial charge on any atom is -0.492 e. The molecule has 2 saturated carbocycles. The quantitative estimate of drug-likeness (QED) is 0.0744. The van der Waals surface area contributed by atoms with Crippen molar-refractivity contribution >= 4 is 11.9 Å². The molecule has 0 saturated heterocycles. The van der Waals surface area contributed by atoms with Crippen LogP contribution in [0.25, 0.3) is 0 Å². The van der Waals surface area contributed by atoms with E-state index < -0.39 is 10.8 Å². The Bertz CT molecular complexity index is 1200. The Kier molecular flexibility index (Phi) is 18.0. The van der Waals surface area contributed by atoms with Crippen molar-refractivity contribution in [3.05, 3.63) is 41.0 Å². The van der Waals surface area contributed by atoms with Gasteiger partial charge in [-0.2, -0.15) is 0 Å². The molecule has 2 aliphatic rings. The second-order valence-electron chi connectivity index (χ2n) is 17.0. The van der Waals surface area contributed by atoms with E-state index in [2.05, 4.69) is 25.6 Å². The summed E-state index contributed by atoms with van der Waals surface area (Å²) in [4.78, 5) is 24.6. The first-order valence-electron chi connectivity index (χ1n) is 20.4. The number of rotatable bonds is 21. The van der Waals surface area contributed by atoms with Gasteiger partial charge in [-0.15, -0.1) is 0 Å². The lowest BCUT2D eigenvalue weighted by molar-refractivity contribution is -0.153. The number of carbonyl (C=O) groups excluding carboxylic acids is 2. The van der Waals surface area contributed by atoms with E-state index in [-0.39, 0.29) is 38.4 Å². The normalized spacial score (nSPS) is 21.3. The highest BCUT2D eigenvalue weighted by Gasteiger charge is 2.33. The second kappa shape index (κ2) is 21.4. The molecule has 2 N–H and O–H groups in total. The van der Waals surface area contributed by atoms with Crippen LogP contribution in [0.15, 0.2) is 24.3 Å². The molecule has 3 rings (SSSR count). The van der Waals surface area contributed by atoms with E-state index in [1.807, 2.05) is 27.7 Å². The summed E-state index contributed by atoms with van der Waals surface area (Å²) in [5.41, 5.74) is 2.54. The number of esters is 2. The Hall–Kier alpha value is -2.38. The zero-order valence-electron chi connectivity index (χ0n) is 33.2. The Morgan fingerprint density at radius 2 is 1.35 bits per heavy atom. The molecule has 2 fully saturated rings. The van der Waals surface area contributed by atoms with E-state index in [4.69, 9.17) is 14.2 Å². The molecule has 0 unspecified atom stereocenters. The molecular formula is C44H72O7. The Balaban J connectivity index is 1.81. The largest absolute Gasteiger partial charge is 0.492 e. The highest BCUT2D eigenvalue weighted by Crippen LogP contribution is 2.46. The fourth-order valence-electron chi connectivity index (χ4n) is 8.02. The van der Waals surface area contributed by atoms with Crippen LogP contribution in [-0.4, -0.2) is 55.2 Å². The molecule has 0 radical (unpaired) electrons. The number of aliphatic hydroxyl groups excluding tert-OH is 2. The molecule has 51 heavy (non-hydrogen) atoms. The Morgan fingerprint density at radius 3 is 1.84 bits per heavy atom. The monoisotopic (exact) mass is 713 g/mol. The molecule has 7 heteroatoms. The number of hydrogen-bond acceptors (Lipinski definition) is 7. The SMILES string of the molecule is C=C(C)C(=O)OCCCc1cc(C2CCC(C3CCC(CCCCC)CC3)CC2)cc(CCCOC(=O)C(C)(C)C)c1OCC(CC)(CO)CO. The van der Waals surface area contributed by atoms with Crippen LogP contribution in [0.1, 0.15) is 160 Å². The van der Waals surface area contributed by atoms with Gasteiger partial charge >= 0.3 is 11.9 Å². The van der Waals surface area contributed by atoms with Crippen LogP contribution < -0.4 is 4.74 Å². The van der Waals surface area contributed by atoms with E-state index in [1.54, 1.807) is 6.92 Å². The zero-order valence-corrected chi connectivity index (χ0v) is 33.2. The average Bonchev–Trinajstić information content (AvgIpc) is 3.13. The van der Waals surface area contributed by atoms with Crippen LogP contribution in [0.5, 0.6) is 5.75 Å². The van der Waals surface area contributed by atoms with Crippen LogP contribution in [0, 0.1) is 28.6 Å². The highest BCUT2D eigenvalue weighted by atomic mass is 16.5. The number of hydrogen-bond donors (Lipinski definition) is 2. The standard InChI is InChI=1S/C44H72O7/c1-8-10-11-14-33-17-19-34(20-18-33)35-21-23-36(24-22-35)39-27-37(15-12-25-49-41(47)32(3)4)40(51-31-44(9-2,29-45)30-46)38(28-39)16-13-26-50-42(48)43(5,6)7/h27-28,33-36,45-46H,3,8-26,29-31H2,1-2,4-7H3. The van der Waals surface area contributed by atoms with Gasteiger partial charge in [-0.25, -0.2) is 4.79 Å². The molecule has 1 aromatic rings. The molecule has 0 spiro atoms. The molecule has 1 aromatic carbocycles. The third-order valence-corrected chi connectivity index (χ3v) is 11.8. The lowest BCUT2D eigenvalue weighted by atomic mass is 9.67. The van der Waals surface area contributed by atoms with Gasteiger partial charge in [0.2, 0.25) is 0 Å². The zero-order chi connectivity index (χ0) is 37.4. The van der Waals surface area contributed by atoms with Crippen molar-refractivity contribution in [3.8, 4) is 5.75 Å².